The molecule has 0 saturated heterocycles. The average molecular weight is 388 g/mol. The number of hydrogen-bond donors (Lipinski definition) is 1. The van der Waals surface area contributed by atoms with Gasteiger partial charge in [0.2, 0.25) is 5.90 Å². The Hall–Kier alpha value is -1.17. The van der Waals surface area contributed by atoms with Gasteiger partial charge >= 0.3 is 5.97 Å². The van der Waals surface area contributed by atoms with Crippen molar-refractivity contribution in [3.8, 4) is 0 Å². The first-order chi connectivity index (χ1) is 11.5. The Bertz CT molecular complexity index is 674. The number of nitrogens with zero attached hydrogens (tertiary/aromatic N) is 1. The van der Waals surface area contributed by atoms with Crippen LogP contribution in [0.3, 0.4) is 0 Å². The number of carbonyl (C=O) groups is 1. The molecule has 0 radical (unpaired) electrons. The van der Waals surface area contributed by atoms with Gasteiger partial charge in [-0.25, -0.2) is 4.99 Å². The van der Waals surface area contributed by atoms with Crippen molar-refractivity contribution >= 4 is 46.8 Å². The van der Waals surface area contributed by atoms with Crippen molar-refractivity contribution < 1.29 is 14.6 Å². The molecule has 1 aromatic carbocycles. The molecule has 1 N–H and O–H groups in total. The first kappa shape index (κ1) is 19.2. The third kappa shape index (κ3) is 5.43. The fraction of sp³-hybridized carbons (Fsp3) is 0.412. The number of thioether (sulfide) groups is 1. The fourth-order valence-corrected chi connectivity index (χ4v) is 3.73. The van der Waals surface area contributed by atoms with Crippen molar-refractivity contribution in [2.45, 2.75) is 32.6 Å². The molecular weight excluding hydrogens is 369 g/mol. The summed E-state index contributed by atoms with van der Waals surface area (Å²) in [6.07, 6.45) is 2.56. The smallest absolute Gasteiger partial charge is 0.303 e. The van der Waals surface area contributed by atoms with Gasteiger partial charge in [-0.05, 0) is 37.5 Å². The molecule has 2 rings (SSSR count). The van der Waals surface area contributed by atoms with Crippen LogP contribution in [0.15, 0.2) is 33.9 Å². The second-order valence-corrected chi connectivity index (χ2v) is 7.20. The van der Waals surface area contributed by atoms with E-state index in [1.807, 2.05) is 0 Å². The van der Waals surface area contributed by atoms with E-state index in [2.05, 4.69) is 11.9 Å². The average Bonchev–Trinajstić information content (AvgIpc) is 2.54. The fourth-order valence-electron chi connectivity index (χ4n) is 2.16. The number of ether oxygens (including phenoxy) is 1. The largest absolute Gasteiger partial charge is 0.481 e. The minimum Gasteiger partial charge on any atom is -0.481 e. The van der Waals surface area contributed by atoms with E-state index in [9.17, 15) is 4.79 Å². The Morgan fingerprint density at radius 1 is 1.38 bits per heavy atom. The first-order valence-corrected chi connectivity index (χ1v) is 9.49. The van der Waals surface area contributed by atoms with Crippen molar-refractivity contribution in [2.75, 3.05) is 12.3 Å². The summed E-state index contributed by atoms with van der Waals surface area (Å²) >= 11 is 13.8. The maximum atomic E-state index is 10.5. The Morgan fingerprint density at radius 3 is 2.83 bits per heavy atom. The Morgan fingerprint density at radius 2 is 2.17 bits per heavy atom. The van der Waals surface area contributed by atoms with Gasteiger partial charge in [0.25, 0.3) is 0 Å². The molecule has 0 aromatic heterocycles. The summed E-state index contributed by atoms with van der Waals surface area (Å²) < 4.78 is 5.97. The van der Waals surface area contributed by atoms with E-state index < -0.39 is 5.97 Å². The lowest BCUT2D eigenvalue weighted by atomic mass is 10.2. The molecule has 7 heteroatoms. The van der Waals surface area contributed by atoms with Crippen molar-refractivity contribution in [1.82, 2.24) is 0 Å². The molecule has 1 aromatic rings. The third-order valence-electron chi connectivity index (χ3n) is 3.50. The first-order valence-electron chi connectivity index (χ1n) is 7.75. The summed E-state index contributed by atoms with van der Waals surface area (Å²) in [5, 5.41) is 10.6. The number of aliphatic carboxylic acids is 1. The summed E-state index contributed by atoms with van der Waals surface area (Å²) in [7, 11) is 0. The maximum absolute atomic E-state index is 10.5. The second kappa shape index (κ2) is 9.35. The number of hydrogen-bond acceptors (Lipinski definition) is 4. The highest BCUT2D eigenvalue weighted by atomic mass is 35.5. The van der Waals surface area contributed by atoms with Crippen molar-refractivity contribution in [3.05, 3.63) is 44.5 Å². The van der Waals surface area contributed by atoms with Gasteiger partial charge in [0.1, 0.15) is 0 Å². The molecule has 0 spiro atoms. The van der Waals surface area contributed by atoms with Gasteiger partial charge in [-0.3, -0.25) is 4.79 Å². The molecule has 0 bridgehead atoms. The van der Waals surface area contributed by atoms with E-state index in [4.69, 9.17) is 33.0 Å². The molecule has 4 nitrogen and oxygen atoms in total. The number of aliphatic imine (C=N–C) groups is 1. The lowest BCUT2D eigenvalue weighted by Crippen LogP contribution is -2.15. The topological polar surface area (TPSA) is 58.9 Å². The lowest BCUT2D eigenvalue weighted by molar-refractivity contribution is -0.137. The van der Waals surface area contributed by atoms with Crippen LogP contribution < -0.4 is 0 Å². The van der Waals surface area contributed by atoms with Crippen molar-refractivity contribution in [1.29, 1.82) is 0 Å². The zero-order valence-corrected chi connectivity index (χ0v) is 15.7. The van der Waals surface area contributed by atoms with Gasteiger partial charge in [0.15, 0.2) is 5.09 Å². The van der Waals surface area contributed by atoms with E-state index in [-0.39, 0.29) is 6.42 Å². The van der Waals surface area contributed by atoms with Gasteiger partial charge in [0, 0.05) is 22.8 Å². The number of benzene rings is 1. The summed E-state index contributed by atoms with van der Waals surface area (Å²) in [5.41, 5.74) is 1.87. The summed E-state index contributed by atoms with van der Waals surface area (Å²) in [4.78, 5) is 15.0. The standard InChI is InChI=1S/C17H19Cl2NO3S/c1-2-11-10-20-16(13-7-6-12(18)9-14(13)19)23-17(11)24-8-4-3-5-15(21)22/h6-7,9H,2-5,8,10H2,1H3,(H,21,22). The highest BCUT2D eigenvalue weighted by molar-refractivity contribution is 8.02. The summed E-state index contributed by atoms with van der Waals surface area (Å²) in [5.74, 6) is 0.560. The van der Waals surface area contributed by atoms with E-state index in [0.29, 0.717) is 28.9 Å². The SMILES string of the molecule is CCC1=C(SCCCCC(=O)O)OC(c2ccc(Cl)cc2Cl)=NC1. The molecule has 130 valence electrons. The quantitative estimate of drug-likeness (QED) is 0.608. The third-order valence-corrected chi connectivity index (χ3v) is 5.17. The van der Waals surface area contributed by atoms with Gasteiger partial charge in [-0.15, -0.1) is 0 Å². The molecule has 0 saturated carbocycles. The monoisotopic (exact) mass is 387 g/mol. The Kier molecular flexibility index (Phi) is 7.46. The van der Waals surface area contributed by atoms with Crippen LogP contribution in [0.1, 0.15) is 38.2 Å². The molecule has 0 atom stereocenters. The zero-order valence-electron chi connectivity index (χ0n) is 13.3. The second-order valence-electron chi connectivity index (χ2n) is 5.29. The highest BCUT2D eigenvalue weighted by Gasteiger charge is 2.20. The number of unbranched alkanes of at least 4 members (excludes halogenated alkanes) is 1. The molecule has 0 fully saturated rings. The predicted octanol–water partition coefficient (Wildman–Crippen LogP) is 5.38. The van der Waals surface area contributed by atoms with Crippen LogP contribution in [0, 0.1) is 0 Å². The molecular formula is C17H19Cl2NO3S. The molecule has 1 heterocycles. The lowest BCUT2D eigenvalue weighted by Gasteiger charge is -2.20. The highest BCUT2D eigenvalue weighted by Crippen LogP contribution is 2.31. The van der Waals surface area contributed by atoms with Crippen LogP contribution in [0.2, 0.25) is 10.0 Å². The molecule has 0 unspecified atom stereocenters. The van der Waals surface area contributed by atoms with Crippen LogP contribution in [-0.2, 0) is 9.53 Å². The minimum absolute atomic E-state index is 0.203. The summed E-state index contributed by atoms with van der Waals surface area (Å²) in [6, 6.07) is 5.23. The van der Waals surface area contributed by atoms with E-state index in [1.165, 1.54) is 0 Å². The van der Waals surface area contributed by atoms with Gasteiger partial charge in [0.05, 0.1) is 17.1 Å². The summed E-state index contributed by atoms with van der Waals surface area (Å²) in [6.45, 7) is 2.65. The molecule has 24 heavy (non-hydrogen) atoms. The number of rotatable bonds is 8. The van der Waals surface area contributed by atoms with Crippen LogP contribution in [0.5, 0.6) is 0 Å². The minimum atomic E-state index is -0.755. The number of halogens is 2. The Labute approximate surface area is 155 Å². The van der Waals surface area contributed by atoms with Crippen molar-refractivity contribution in [2.24, 2.45) is 4.99 Å². The number of carboxylic acids is 1. The normalized spacial score (nSPS) is 14.4. The molecule has 0 aliphatic carbocycles. The van der Waals surface area contributed by atoms with E-state index in [0.717, 1.165) is 34.8 Å². The molecule has 1 aliphatic rings. The van der Waals surface area contributed by atoms with Crippen LogP contribution >= 0.6 is 35.0 Å². The molecule has 0 amide bonds. The van der Waals surface area contributed by atoms with E-state index >= 15 is 0 Å². The molecule has 1 aliphatic heterocycles. The van der Waals surface area contributed by atoms with Gasteiger partial charge < -0.3 is 9.84 Å². The van der Waals surface area contributed by atoms with Gasteiger partial charge in [-0.2, -0.15) is 0 Å². The predicted molar refractivity (Wildman–Crippen MR) is 100 cm³/mol. The Balaban J connectivity index is 1.99. The van der Waals surface area contributed by atoms with Crippen molar-refractivity contribution in [3.63, 3.8) is 0 Å². The van der Waals surface area contributed by atoms with Crippen LogP contribution in [-0.4, -0.2) is 29.3 Å². The zero-order chi connectivity index (χ0) is 17.5. The van der Waals surface area contributed by atoms with Crippen LogP contribution in [0.4, 0.5) is 0 Å². The van der Waals surface area contributed by atoms with E-state index in [1.54, 1.807) is 30.0 Å². The number of carboxylic acid groups (broad SMARTS) is 1. The maximum Gasteiger partial charge on any atom is 0.303 e. The van der Waals surface area contributed by atoms with Gasteiger partial charge in [-0.1, -0.05) is 41.9 Å². The van der Waals surface area contributed by atoms with Crippen LogP contribution in [0.25, 0.3) is 0 Å².